The van der Waals surface area contributed by atoms with Crippen molar-refractivity contribution in [3.63, 3.8) is 0 Å². The number of hydrogen-bond donors (Lipinski definition) is 0. The maximum absolute atomic E-state index is 12.2. The predicted molar refractivity (Wildman–Crippen MR) is 67.6 cm³/mol. The summed E-state index contributed by atoms with van der Waals surface area (Å²) < 4.78 is 0. The number of thioether (sulfide) groups is 2. The number of non-ortho nitro benzene ring substituents is 1. The highest BCUT2D eigenvalue weighted by molar-refractivity contribution is 8.07. The first-order chi connectivity index (χ1) is 8.16. The van der Waals surface area contributed by atoms with Crippen LogP contribution in [0.3, 0.4) is 0 Å². The van der Waals surface area contributed by atoms with Crippen molar-refractivity contribution < 1.29 is 9.72 Å². The fourth-order valence-corrected chi connectivity index (χ4v) is 4.44. The van der Waals surface area contributed by atoms with E-state index in [2.05, 4.69) is 0 Å². The number of carbonyl (C=O) groups excluding carboxylic acids is 1. The molecule has 1 aromatic rings. The molecule has 4 nitrogen and oxygen atoms in total. The molecule has 3 rings (SSSR count). The zero-order valence-electron chi connectivity index (χ0n) is 8.53. The Balaban J connectivity index is 2.07. The summed E-state index contributed by atoms with van der Waals surface area (Å²) in [7, 11) is 0. The molecule has 0 fully saturated rings. The molecule has 0 unspecified atom stereocenters. The van der Waals surface area contributed by atoms with Crippen molar-refractivity contribution in [3.8, 4) is 0 Å². The Kier molecular flexibility index (Phi) is 2.48. The third-order valence-electron chi connectivity index (χ3n) is 2.75. The Morgan fingerprint density at radius 3 is 2.94 bits per heavy atom. The van der Waals surface area contributed by atoms with Crippen LogP contribution in [-0.4, -0.2) is 21.2 Å². The third-order valence-corrected chi connectivity index (χ3v) is 5.35. The van der Waals surface area contributed by atoms with Gasteiger partial charge < -0.3 is 0 Å². The summed E-state index contributed by atoms with van der Waals surface area (Å²) in [5.74, 6) is 0.00227. The van der Waals surface area contributed by atoms with E-state index in [1.807, 2.05) is 11.5 Å². The Bertz CT molecular complexity index is 556. The lowest BCUT2D eigenvalue weighted by molar-refractivity contribution is -0.384. The molecule has 0 saturated heterocycles. The van der Waals surface area contributed by atoms with Crippen LogP contribution in [0.2, 0.25) is 0 Å². The number of nitro groups is 1. The van der Waals surface area contributed by atoms with Gasteiger partial charge in [0.05, 0.1) is 10.2 Å². The lowest BCUT2D eigenvalue weighted by Crippen LogP contribution is -2.29. The molecule has 0 amide bonds. The SMILES string of the molecule is O=C1c2cc([N+](=O)[O-])ccc2S[C@@H]2C=CS[C@H]12. The molecule has 1 aromatic carbocycles. The monoisotopic (exact) mass is 265 g/mol. The number of fused-ring (bicyclic) bond motifs is 2. The highest BCUT2D eigenvalue weighted by atomic mass is 32.2. The fourth-order valence-electron chi connectivity index (χ4n) is 1.92. The molecule has 0 saturated carbocycles. The molecule has 2 atom stereocenters. The maximum Gasteiger partial charge on any atom is 0.270 e. The van der Waals surface area contributed by atoms with Crippen LogP contribution in [0.25, 0.3) is 0 Å². The number of carbonyl (C=O) groups is 1. The molecular weight excluding hydrogens is 258 g/mol. The lowest BCUT2D eigenvalue weighted by Gasteiger charge is -2.24. The van der Waals surface area contributed by atoms with E-state index in [0.29, 0.717) is 5.56 Å². The second-order valence-electron chi connectivity index (χ2n) is 3.77. The molecular formula is C11H7NO3S2. The van der Waals surface area contributed by atoms with E-state index < -0.39 is 4.92 Å². The van der Waals surface area contributed by atoms with Crippen LogP contribution in [-0.2, 0) is 0 Å². The average Bonchev–Trinajstić information content (AvgIpc) is 2.77. The minimum atomic E-state index is -0.468. The second-order valence-corrected chi connectivity index (χ2v) is 6.04. The summed E-state index contributed by atoms with van der Waals surface area (Å²) in [5, 5.41) is 12.7. The molecule has 0 aromatic heterocycles. The van der Waals surface area contributed by atoms with E-state index in [0.717, 1.165) is 4.90 Å². The van der Waals surface area contributed by atoms with Crippen molar-refractivity contribution in [2.24, 2.45) is 0 Å². The Morgan fingerprint density at radius 1 is 1.35 bits per heavy atom. The highest BCUT2D eigenvalue weighted by Crippen LogP contribution is 2.45. The van der Waals surface area contributed by atoms with Gasteiger partial charge in [-0.2, -0.15) is 0 Å². The van der Waals surface area contributed by atoms with Crippen LogP contribution >= 0.6 is 23.5 Å². The van der Waals surface area contributed by atoms with Gasteiger partial charge in [0, 0.05) is 27.8 Å². The minimum Gasteiger partial charge on any atom is -0.293 e. The first-order valence-electron chi connectivity index (χ1n) is 4.98. The maximum atomic E-state index is 12.2. The molecule has 0 aliphatic carbocycles. The van der Waals surface area contributed by atoms with Crippen molar-refractivity contribution in [1.82, 2.24) is 0 Å². The van der Waals surface area contributed by atoms with Crippen molar-refractivity contribution in [2.75, 3.05) is 0 Å². The summed E-state index contributed by atoms with van der Waals surface area (Å²) >= 11 is 3.09. The third kappa shape index (κ3) is 1.68. The van der Waals surface area contributed by atoms with Gasteiger partial charge in [-0.15, -0.1) is 23.5 Å². The van der Waals surface area contributed by atoms with Gasteiger partial charge in [0.1, 0.15) is 0 Å². The molecule has 2 aliphatic heterocycles. The van der Waals surface area contributed by atoms with Gasteiger partial charge >= 0.3 is 0 Å². The first kappa shape index (κ1) is 10.9. The molecule has 86 valence electrons. The van der Waals surface area contributed by atoms with E-state index in [4.69, 9.17) is 0 Å². The van der Waals surface area contributed by atoms with Crippen LogP contribution in [0, 0.1) is 10.1 Å². The van der Waals surface area contributed by atoms with Gasteiger partial charge in [-0.25, -0.2) is 0 Å². The summed E-state index contributed by atoms with van der Waals surface area (Å²) in [6, 6.07) is 4.51. The molecule has 0 radical (unpaired) electrons. The summed E-state index contributed by atoms with van der Waals surface area (Å²) in [4.78, 5) is 23.2. The Morgan fingerprint density at radius 2 is 2.18 bits per heavy atom. The average molecular weight is 265 g/mol. The van der Waals surface area contributed by atoms with Crippen molar-refractivity contribution in [2.45, 2.75) is 15.4 Å². The molecule has 6 heteroatoms. The van der Waals surface area contributed by atoms with Crippen molar-refractivity contribution in [1.29, 1.82) is 0 Å². The summed E-state index contributed by atoms with van der Waals surface area (Å²) in [6.07, 6.45) is 2.02. The molecule has 0 N–H and O–H groups in total. The van der Waals surface area contributed by atoms with Crippen LogP contribution in [0.5, 0.6) is 0 Å². The molecule has 0 bridgehead atoms. The number of nitrogens with zero attached hydrogens (tertiary/aromatic N) is 1. The van der Waals surface area contributed by atoms with Gasteiger partial charge in [-0.1, -0.05) is 6.08 Å². The van der Waals surface area contributed by atoms with Crippen LogP contribution < -0.4 is 0 Å². The van der Waals surface area contributed by atoms with Crippen LogP contribution in [0.4, 0.5) is 5.69 Å². The van der Waals surface area contributed by atoms with Crippen molar-refractivity contribution >= 4 is 35.0 Å². The number of rotatable bonds is 1. The van der Waals surface area contributed by atoms with Crippen molar-refractivity contribution in [3.05, 3.63) is 45.4 Å². The fraction of sp³-hybridized carbons (Fsp3) is 0.182. The molecule has 0 spiro atoms. The largest absolute Gasteiger partial charge is 0.293 e. The lowest BCUT2D eigenvalue weighted by atomic mass is 10.0. The zero-order valence-corrected chi connectivity index (χ0v) is 10.2. The summed E-state index contributed by atoms with van der Waals surface area (Å²) in [6.45, 7) is 0. The smallest absolute Gasteiger partial charge is 0.270 e. The number of Topliss-reactive ketones (excluding diaryl/α,β-unsaturated/α-hetero) is 1. The topological polar surface area (TPSA) is 60.2 Å². The van der Waals surface area contributed by atoms with E-state index in [1.165, 1.54) is 23.9 Å². The van der Waals surface area contributed by atoms with Gasteiger partial charge in [0.15, 0.2) is 5.78 Å². The number of nitro benzene ring substituents is 1. The van der Waals surface area contributed by atoms with E-state index in [1.54, 1.807) is 17.8 Å². The number of hydrogen-bond acceptors (Lipinski definition) is 5. The minimum absolute atomic E-state index is 0.00227. The zero-order chi connectivity index (χ0) is 12.0. The van der Waals surface area contributed by atoms with Gasteiger partial charge in [-0.05, 0) is 11.5 Å². The Hall–Kier alpha value is -1.27. The number of ketones is 1. The molecule has 2 aliphatic rings. The first-order valence-corrected chi connectivity index (χ1v) is 6.80. The molecule has 17 heavy (non-hydrogen) atoms. The Labute approximate surface area is 106 Å². The van der Waals surface area contributed by atoms with E-state index >= 15 is 0 Å². The standard InChI is InChI=1S/C11H7NO3S2/c13-10-7-5-6(12(14)15)1-2-8(7)17-9-3-4-16-11(9)10/h1-5,9,11H/t9-,11+/m1/s1. The van der Waals surface area contributed by atoms with Gasteiger partial charge in [0.25, 0.3) is 5.69 Å². The van der Waals surface area contributed by atoms with E-state index in [9.17, 15) is 14.9 Å². The quantitative estimate of drug-likeness (QED) is 0.577. The van der Waals surface area contributed by atoms with Gasteiger partial charge in [0.2, 0.25) is 0 Å². The van der Waals surface area contributed by atoms with Gasteiger partial charge in [-0.3, -0.25) is 14.9 Å². The summed E-state index contributed by atoms with van der Waals surface area (Å²) in [5.41, 5.74) is 0.466. The van der Waals surface area contributed by atoms with Crippen LogP contribution in [0.1, 0.15) is 10.4 Å². The number of benzene rings is 1. The predicted octanol–water partition coefficient (Wildman–Crippen LogP) is 2.88. The highest BCUT2D eigenvalue weighted by Gasteiger charge is 2.38. The van der Waals surface area contributed by atoms with Crippen LogP contribution in [0.15, 0.2) is 34.6 Å². The second kappa shape index (κ2) is 3.89. The van der Waals surface area contributed by atoms with E-state index in [-0.39, 0.29) is 22.0 Å². The molecule has 2 heterocycles. The normalized spacial score (nSPS) is 25.5.